The number of phenolic OH excluding ortho intramolecular Hbond substituents is 4. The largest absolute Gasteiger partial charge is 0.504 e. The van der Waals surface area contributed by atoms with Gasteiger partial charge in [-0.1, -0.05) is 12.1 Å². The molecule has 24 heavy (non-hydrogen) atoms. The second-order valence-electron chi connectivity index (χ2n) is 5.25. The molecule has 0 saturated heterocycles. The van der Waals surface area contributed by atoms with Crippen LogP contribution in [0.5, 0.6) is 23.0 Å². The summed E-state index contributed by atoms with van der Waals surface area (Å²) >= 11 is 0. The van der Waals surface area contributed by atoms with Gasteiger partial charge in [0, 0.05) is 13.1 Å². The van der Waals surface area contributed by atoms with Crippen molar-refractivity contribution in [3.63, 3.8) is 0 Å². The third-order valence-electron chi connectivity index (χ3n) is 3.41. The lowest BCUT2D eigenvalue weighted by molar-refractivity contribution is 0.403. The Labute approximate surface area is 139 Å². The highest BCUT2D eigenvalue weighted by Crippen LogP contribution is 2.25. The minimum absolute atomic E-state index is 0.123. The standard InChI is InChI=1S/C17H21N3O4/c21-14-3-1-12(9-16(14)23)5-7-18-11-20-19-8-6-13-2-4-15(22)17(24)10-13/h1-4,9-11,19,21-24H,5-8H2,(H,18,20). The van der Waals surface area contributed by atoms with Crippen LogP contribution in [-0.4, -0.2) is 39.9 Å². The molecule has 0 aliphatic rings. The summed E-state index contributed by atoms with van der Waals surface area (Å²) in [5.74, 6) is -0.507. The first kappa shape index (κ1) is 17.4. The van der Waals surface area contributed by atoms with E-state index < -0.39 is 0 Å². The maximum absolute atomic E-state index is 9.39. The summed E-state index contributed by atoms with van der Waals surface area (Å²) in [6, 6.07) is 9.44. The summed E-state index contributed by atoms with van der Waals surface area (Å²) in [4.78, 5) is 4.17. The van der Waals surface area contributed by atoms with Gasteiger partial charge in [0.25, 0.3) is 0 Å². The van der Waals surface area contributed by atoms with Crippen LogP contribution in [-0.2, 0) is 12.8 Å². The average molecular weight is 331 g/mol. The molecule has 2 rings (SSSR count). The van der Waals surface area contributed by atoms with Gasteiger partial charge < -0.3 is 25.9 Å². The number of aliphatic imine (C=N–C) groups is 1. The van der Waals surface area contributed by atoms with Gasteiger partial charge in [0.1, 0.15) is 0 Å². The van der Waals surface area contributed by atoms with Crippen molar-refractivity contribution in [3.05, 3.63) is 47.5 Å². The number of hydrogen-bond acceptors (Lipinski definition) is 6. The van der Waals surface area contributed by atoms with Gasteiger partial charge in [0.2, 0.25) is 0 Å². The van der Waals surface area contributed by atoms with Crippen molar-refractivity contribution in [2.45, 2.75) is 12.8 Å². The molecule has 2 aromatic carbocycles. The lowest BCUT2D eigenvalue weighted by Crippen LogP contribution is -2.32. The van der Waals surface area contributed by atoms with Gasteiger partial charge in [-0.25, -0.2) is 5.43 Å². The molecule has 0 radical (unpaired) electrons. The van der Waals surface area contributed by atoms with Crippen LogP contribution in [0.2, 0.25) is 0 Å². The molecule has 7 heteroatoms. The molecule has 0 heterocycles. The van der Waals surface area contributed by atoms with E-state index in [-0.39, 0.29) is 23.0 Å². The van der Waals surface area contributed by atoms with Crippen LogP contribution in [0.3, 0.4) is 0 Å². The van der Waals surface area contributed by atoms with E-state index in [0.717, 1.165) is 11.1 Å². The van der Waals surface area contributed by atoms with E-state index in [4.69, 9.17) is 0 Å². The molecule has 0 unspecified atom stereocenters. The van der Waals surface area contributed by atoms with Crippen molar-refractivity contribution < 1.29 is 20.4 Å². The van der Waals surface area contributed by atoms with E-state index in [2.05, 4.69) is 15.8 Å². The third kappa shape index (κ3) is 5.36. The van der Waals surface area contributed by atoms with Gasteiger partial charge in [0.05, 0.1) is 6.34 Å². The summed E-state index contributed by atoms with van der Waals surface area (Å²) in [7, 11) is 0. The SMILES string of the molecule is Oc1ccc(CCN=CNNCCc2ccc(O)c(O)c2)cc1O. The van der Waals surface area contributed by atoms with Gasteiger partial charge in [0.15, 0.2) is 23.0 Å². The Morgan fingerprint density at radius 2 is 1.38 bits per heavy atom. The van der Waals surface area contributed by atoms with Crippen LogP contribution in [0.1, 0.15) is 11.1 Å². The maximum atomic E-state index is 9.39. The number of rotatable bonds is 8. The summed E-state index contributed by atoms with van der Waals surface area (Å²) in [6.07, 6.45) is 2.88. The summed E-state index contributed by atoms with van der Waals surface area (Å²) in [5.41, 5.74) is 7.61. The molecule has 7 nitrogen and oxygen atoms in total. The highest BCUT2D eigenvalue weighted by molar-refractivity contribution is 5.53. The first-order chi connectivity index (χ1) is 11.6. The number of aromatic hydroxyl groups is 4. The van der Waals surface area contributed by atoms with E-state index in [9.17, 15) is 20.4 Å². The Hall–Kier alpha value is -2.93. The molecule has 0 atom stereocenters. The van der Waals surface area contributed by atoms with Crippen molar-refractivity contribution in [3.8, 4) is 23.0 Å². The van der Waals surface area contributed by atoms with Crippen molar-refractivity contribution in [2.24, 2.45) is 4.99 Å². The highest BCUT2D eigenvalue weighted by Gasteiger charge is 2.00. The molecule has 0 bridgehead atoms. The smallest absolute Gasteiger partial charge is 0.157 e. The molecule has 0 aliphatic heterocycles. The van der Waals surface area contributed by atoms with Gasteiger partial charge in [-0.05, 0) is 48.2 Å². The minimum Gasteiger partial charge on any atom is -0.504 e. The zero-order valence-corrected chi connectivity index (χ0v) is 13.1. The topological polar surface area (TPSA) is 117 Å². The van der Waals surface area contributed by atoms with E-state index in [1.54, 1.807) is 18.5 Å². The van der Waals surface area contributed by atoms with E-state index in [1.807, 2.05) is 0 Å². The van der Waals surface area contributed by atoms with E-state index >= 15 is 0 Å². The number of hydrogen-bond donors (Lipinski definition) is 6. The van der Waals surface area contributed by atoms with Gasteiger partial charge in [-0.2, -0.15) is 0 Å². The highest BCUT2D eigenvalue weighted by atomic mass is 16.3. The zero-order chi connectivity index (χ0) is 17.4. The van der Waals surface area contributed by atoms with Crippen LogP contribution < -0.4 is 10.9 Å². The fourth-order valence-electron chi connectivity index (χ4n) is 2.08. The first-order valence-electron chi connectivity index (χ1n) is 7.54. The number of benzene rings is 2. The quantitative estimate of drug-likeness (QED) is 0.143. The normalized spacial score (nSPS) is 11.0. The molecular formula is C17H21N3O4. The number of nitrogens with zero attached hydrogens (tertiary/aromatic N) is 1. The summed E-state index contributed by atoms with van der Waals surface area (Å²) in [5, 5.41) is 37.2. The summed E-state index contributed by atoms with van der Waals surface area (Å²) in [6.45, 7) is 1.17. The Bertz CT molecular complexity index is 704. The Morgan fingerprint density at radius 3 is 1.96 bits per heavy atom. The number of hydrazine groups is 1. The summed E-state index contributed by atoms with van der Waals surface area (Å²) < 4.78 is 0. The van der Waals surface area contributed by atoms with Crippen molar-refractivity contribution in [2.75, 3.05) is 13.1 Å². The second-order valence-corrected chi connectivity index (χ2v) is 5.25. The predicted octanol–water partition coefficient (Wildman–Crippen LogP) is 1.42. The number of nitrogens with one attached hydrogen (secondary N) is 2. The molecular weight excluding hydrogens is 310 g/mol. The lowest BCUT2D eigenvalue weighted by atomic mass is 10.1. The van der Waals surface area contributed by atoms with E-state index in [1.165, 1.54) is 24.3 Å². The fraction of sp³-hybridized carbons (Fsp3) is 0.235. The van der Waals surface area contributed by atoms with Crippen LogP contribution in [0.25, 0.3) is 0 Å². The van der Waals surface area contributed by atoms with Gasteiger partial charge in [-0.15, -0.1) is 0 Å². The molecule has 6 N–H and O–H groups in total. The molecule has 0 fully saturated rings. The molecule has 0 aromatic heterocycles. The van der Waals surface area contributed by atoms with Crippen LogP contribution >= 0.6 is 0 Å². The van der Waals surface area contributed by atoms with Crippen molar-refractivity contribution in [1.82, 2.24) is 10.9 Å². The molecule has 0 aliphatic carbocycles. The predicted molar refractivity (Wildman–Crippen MR) is 91.4 cm³/mol. The van der Waals surface area contributed by atoms with Crippen LogP contribution in [0.15, 0.2) is 41.4 Å². The van der Waals surface area contributed by atoms with Crippen LogP contribution in [0, 0.1) is 0 Å². The number of phenols is 4. The molecule has 0 amide bonds. The Balaban J connectivity index is 1.60. The molecule has 128 valence electrons. The van der Waals surface area contributed by atoms with Crippen molar-refractivity contribution >= 4 is 6.34 Å². The molecule has 0 saturated carbocycles. The Kier molecular flexibility index (Phi) is 6.27. The van der Waals surface area contributed by atoms with Crippen molar-refractivity contribution in [1.29, 1.82) is 0 Å². The maximum Gasteiger partial charge on any atom is 0.157 e. The molecule has 0 spiro atoms. The van der Waals surface area contributed by atoms with Crippen LogP contribution in [0.4, 0.5) is 0 Å². The lowest BCUT2D eigenvalue weighted by Gasteiger charge is -2.05. The first-order valence-corrected chi connectivity index (χ1v) is 7.54. The monoisotopic (exact) mass is 331 g/mol. The zero-order valence-electron chi connectivity index (χ0n) is 13.1. The minimum atomic E-state index is -0.130. The van der Waals surface area contributed by atoms with Gasteiger partial charge >= 0.3 is 0 Å². The van der Waals surface area contributed by atoms with Gasteiger partial charge in [-0.3, -0.25) is 4.99 Å². The third-order valence-corrected chi connectivity index (χ3v) is 3.41. The Morgan fingerprint density at radius 1 is 0.792 bits per heavy atom. The molecule has 2 aromatic rings. The average Bonchev–Trinajstić information content (AvgIpc) is 2.56. The van der Waals surface area contributed by atoms with E-state index in [0.29, 0.717) is 25.9 Å². The fourth-order valence-corrected chi connectivity index (χ4v) is 2.08. The second kappa shape index (κ2) is 8.64.